The number of likely N-dealkylation sites (tertiary alicyclic amines) is 1. The van der Waals surface area contributed by atoms with E-state index in [1.54, 1.807) is 4.90 Å². The van der Waals surface area contributed by atoms with Crippen LogP contribution in [-0.4, -0.2) is 41.0 Å². The zero-order chi connectivity index (χ0) is 14.1. The Bertz CT molecular complexity index is 516. The van der Waals surface area contributed by atoms with E-state index in [2.05, 4.69) is 5.32 Å². The second kappa shape index (κ2) is 5.25. The quantitative estimate of drug-likeness (QED) is 0.852. The van der Waals surface area contributed by atoms with Crippen molar-refractivity contribution in [2.75, 3.05) is 18.4 Å². The molecule has 5 heteroatoms. The van der Waals surface area contributed by atoms with Crippen molar-refractivity contribution in [3.8, 4) is 0 Å². The van der Waals surface area contributed by atoms with Gasteiger partial charge < -0.3 is 15.3 Å². The highest BCUT2D eigenvalue weighted by Crippen LogP contribution is 2.30. The molecule has 20 heavy (non-hydrogen) atoms. The SMILES string of the molecule is O=C(Nc1ccc(CC(=O)N2CC(O)C2)cc1)C1CC1. The third kappa shape index (κ3) is 2.99. The van der Waals surface area contributed by atoms with Crippen LogP contribution in [0.2, 0.25) is 0 Å². The van der Waals surface area contributed by atoms with Crippen LogP contribution >= 0.6 is 0 Å². The summed E-state index contributed by atoms with van der Waals surface area (Å²) >= 11 is 0. The highest BCUT2D eigenvalue weighted by Gasteiger charge is 2.30. The number of β-amino-alcohol motifs (C(OH)–C–C–N with tert-alkyl or cyclic N) is 1. The first-order chi connectivity index (χ1) is 9.61. The Hall–Kier alpha value is -1.88. The van der Waals surface area contributed by atoms with Crippen LogP contribution in [0.3, 0.4) is 0 Å². The van der Waals surface area contributed by atoms with Gasteiger partial charge in [-0.05, 0) is 30.5 Å². The van der Waals surface area contributed by atoms with E-state index in [4.69, 9.17) is 5.11 Å². The first kappa shape index (κ1) is 13.1. The fraction of sp³-hybridized carbons (Fsp3) is 0.467. The maximum absolute atomic E-state index is 11.8. The van der Waals surface area contributed by atoms with Crippen molar-refractivity contribution in [3.05, 3.63) is 29.8 Å². The van der Waals surface area contributed by atoms with Gasteiger partial charge in [0.2, 0.25) is 11.8 Å². The van der Waals surface area contributed by atoms with Gasteiger partial charge in [0.1, 0.15) is 0 Å². The minimum atomic E-state index is -0.362. The minimum Gasteiger partial charge on any atom is -0.389 e. The lowest BCUT2D eigenvalue weighted by molar-refractivity contribution is -0.140. The second-order valence-corrected chi connectivity index (χ2v) is 5.59. The fourth-order valence-electron chi connectivity index (χ4n) is 2.24. The number of anilines is 1. The summed E-state index contributed by atoms with van der Waals surface area (Å²) in [6.07, 6.45) is 1.95. The number of aliphatic hydroxyl groups excluding tert-OH is 1. The molecule has 1 saturated heterocycles. The average molecular weight is 274 g/mol. The predicted molar refractivity (Wildman–Crippen MR) is 74.1 cm³/mol. The second-order valence-electron chi connectivity index (χ2n) is 5.59. The highest BCUT2D eigenvalue weighted by molar-refractivity contribution is 5.94. The lowest BCUT2D eigenvalue weighted by Crippen LogP contribution is -2.53. The number of carbonyl (C=O) groups excluding carboxylic acids is 2. The molecule has 3 rings (SSSR count). The summed E-state index contributed by atoms with van der Waals surface area (Å²) in [7, 11) is 0. The number of hydrogen-bond donors (Lipinski definition) is 2. The molecule has 1 aromatic rings. The van der Waals surface area contributed by atoms with E-state index in [0.717, 1.165) is 24.1 Å². The minimum absolute atomic E-state index is 0.0325. The Labute approximate surface area is 117 Å². The van der Waals surface area contributed by atoms with Crippen LogP contribution in [0, 0.1) is 5.92 Å². The number of benzene rings is 1. The normalized spacial score (nSPS) is 18.6. The maximum Gasteiger partial charge on any atom is 0.227 e. The molecule has 1 aromatic carbocycles. The summed E-state index contributed by atoms with van der Waals surface area (Å²) in [6, 6.07) is 7.37. The predicted octanol–water partition coefficient (Wildman–Crippen LogP) is 0.781. The molecule has 2 amide bonds. The van der Waals surface area contributed by atoms with Crippen molar-refractivity contribution in [2.24, 2.45) is 5.92 Å². The number of rotatable bonds is 4. The van der Waals surface area contributed by atoms with E-state index in [1.807, 2.05) is 24.3 Å². The van der Waals surface area contributed by atoms with Crippen LogP contribution in [0.15, 0.2) is 24.3 Å². The topological polar surface area (TPSA) is 69.6 Å². The molecule has 0 spiro atoms. The molecule has 1 heterocycles. The van der Waals surface area contributed by atoms with Crippen molar-refractivity contribution >= 4 is 17.5 Å². The summed E-state index contributed by atoms with van der Waals surface area (Å²) in [5.74, 6) is 0.308. The van der Waals surface area contributed by atoms with E-state index in [-0.39, 0.29) is 23.8 Å². The van der Waals surface area contributed by atoms with Crippen molar-refractivity contribution in [1.29, 1.82) is 0 Å². The molecular formula is C15H18N2O3. The molecule has 0 radical (unpaired) electrons. The number of carbonyl (C=O) groups is 2. The smallest absolute Gasteiger partial charge is 0.227 e. The molecule has 106 valence electrons. The Morgan fingerprint density at radius 2 is 1.85 bits per heavy atom. The maximum atomic E-state index is 11.8. The molecular weight excluding hydrogens is 256 g/mol. The molecule has 1 aliphatic heterocycles. The average Bonchev–Trinajstić information content (AvgIpc) is 3.21. The summed E-state index contributed by atoms with van der Waals surface area (Å²) in [4.78, 5) is 25.1. The third-order valence-corrected chi connectivity index (χ3v) is 3.74. The molecule has 0 aromatic heterocycles. The zero-order valence-electron chi connectivity index (χ0n) is 11.2. The van der Waals surface area contributed by atoms with E-state index in [0.29, 0.717) is 19.5 Å². The molecule has 0 atom stereocenters. The van der Waals surface area contributed by atoms with Gasteiger partial charge in [-0.2, -0.15) is 0 Å². The van der Waals surface area contributed by atoms with Crippen LogP contribution in [0.4, 0.5) is 5.69 Å². The monoisotopic (exact) mass is 274 g/mol. The fourth-order valence-corrected chi connectivity index (χ4v) is 2.24. The number of amides is 2. The largest absolute Gasteiger partial charge is 0.389 e. The zero-order valence-corrected chi connectivity index (χ0v) is 11.2. The molecule has 2 aliphatic rings. The first-order valence-corrected chi connectivity index (χ1v) is 6.97. The molecule has 0 bridgehead atoms. The van der Waals surface area contributed by atoms with Gasteiger partial charge in [0.15, 0.2) is 0 Å². The van der Waals surface area contributed by atoms with Crippen LogP contribution < -0.4 is 5.32 Å². The number of hydrogen-bond acceptors (Lipinski definition) is 3. The number of aliphatic hydroxyl groups is 1. The van der Waals surface area contributed by atoms with Gasteiger partial charge in [-0.3, -0.25) is 9.59 Å². The number of nitrogens with zero attached hydrogens (tertiary/aromatic N) is 1. The molecule has 1 saturated carbocycles. The summed E-state index contributed by atoms with van der Waals surface area (Å²) < 4.78 is 0. The van der Waals surface area contributed by atoms with Gasteiger partial charge in [-0.1, -0.05) is 12.1 Å². The lowest BCUT2D eigenvalue weighted by Gasteiger charge is -2.35. The molecule has 2 fully saturated rings. The van der Waals surface area contributed by atoms with Gasteiger partial charge >= 0.3 is 0 Å². The Morgan fingerprint density at radius 3 is 2.40 bits per heavy atom. The Balaban J connectivity index is 1.53. The van der Waals surface area contributed by atoms with E-state index >= 15 is 0 Å². The third-order valence-electron chi connectivity index (χ3n) is 3.74. The van der Waals surface area contributed by atoms with Crippen molar-refractivity contribution < 1.29 is 14.7 Å². The van der Waals surface area contributed by atoms with Gasteiger partial charge in [0.05, 0.1) is 12.5 Å². The van der Waals surface area contributed by atoms with Crippen LogP contribution in [0.25, 0.3) is 0 Å². The van der Waals surface area contributed by atoms with Crippen LogP contribution in [0.5, 0.6) is 0 Å². The Kier molecular flexibility index (Phi) is 3.44. The summed E-state index contributed by atoms with van der Waals surface area (Å²) in [5, 5.41) is 12.0. The van der Waals surface area contributed by atoms with Crippen molar-refractivity contribution in [3.63, 3.8) is 0 Å². The summed E-state index contributed by atoms with van der Waals surface area (Å²) in [5.41, 5.74) is 1.69. The Morgan fingerprint density at radius 1 is 1.20 bits per heavy atom. The molecule has 5 nitrogen and oxygen atoms in total. The van der Waals surface area contributed by atoms with Crippen LogP contribution in [0.1, 0.15) is 18.4 Å². The standard InChI is InChI=1S/C15H18N2O3/c18-13-8-17(9-13)14(19)7-10-1-5-12(6-2-10)16-15(20)11-3-4-11/h1-2,5-6,11,13,18H,3-4,7-9H2,(H,16,20). The molecule has 2 N–H and O–H groups in total. The van der Waals surface area contributed by atoms with E-state index in [1.165, 1.54) is 0 Å². The van der Waals surface area contributed by atoms with Gasteiger partial charge in [0.25, 0.3) is 0 Å². The van der Waals surface area contributed by atoms with Crippen LogP contribution in [-0.2, 0) is 16.0 Å². The van der Waals surface area contributed by atoms with E-state index < -0.39 is 0 Å². The van der Waals surface area contributed by atoms with Crippen molar-refractivity contribution in [2.45, 2.75) is 25.4 Å². The van der Waals surface area contributed by atoms with E-state index in [9.17, 15) is 9.59 Å². The number of nitrogens with one attached hydrogen (secondary N) is 1. The first-order valence-electron chi connectivity index (χ1n) is 6.97. The van der Waals surface area contributed by atoms with Gasteiger partial charge in [-0.25, -0.2) is 0 Å². The van der Waals surface area contributed by atoms with Gasteiger partial charge in [0, 0.05) is 24.7 Å². The van der Waals surface area contributed by atoms with Gasteiger partial charge in [-0.15, -0.1) is 0 Å². The highest BCUT2D eigenvalue weighted by atomic mass is 16.3. The lowest BCUT2D eigenvalue weighted by atomic mass is 10.1. The van der Waals surface area contributed by atoms with Crippen molar-refractivity contribution in [1.82, 2.24) is 4.90 Å². The summed E-state index contributed by atoms with van der Waals surface area (Å²) in [6.45, 7) is 0.878. The molecule has 1 aliphatic carbocycles. The molecule has 0 unspecified atom stereocenters.